The van der Waals surface area contributed by atoms with Crippen LogP contribution in [-0.2, 0) is 6.42 Å². The number of nitrogens with zero attached hydrogens (tertiary/aromatic N) is 2. The van der Waals surface area contributed by atoms with Gasteiger partial charge in [-0.25, -0.2) is 0 Å². The Balaban J connectivity index is 1.34. The van der Waals surface area contributed by atoms with E-state index in [-0.39, 0.29) is 6.04 Å². The van der Waals surface area contributed by atoms with Crippen molar-refractivity contribution in [2.75, 3.05) is 32.8 Å². The van der Waals surface area contributed by atoms with Gasteiger partial charge in [0, 0.05) is 19.1 Å². The third kappa shape index (κ3) is 4.75. The number of rotatable bonds is 6. The van der Waals surface area contributed by atoms with E-state index in [9.17, 15) is 5.11 Å². The highest BCUT2D eigenvalue weighted by Gasteiger charge is 2.34. The molecule has 4 nitrogen and oxygen atoms in total. The topological polar surface area (TPSA) is 35.9 Å². The summed E-state index contributed by atoms with van der Waals surface area (Å²) < 4.78 is 6.05. The monoisotopic (exact) mass is 420 g/mol. The first kappa shape index (κ1) is 20.8. The van der Waals surface area contributed by atoms with Gasteiger partial charge < -0.3 is 9.84 Å². The van der Waals surface area contributed by atoms with Crippen LogP contribution in [0.15, 0.2) is 42.5 Å². The Kier molecular flexibility index (Phi) is 6.47. The van der Waals surface area contributed by atoms with Crippen molar-refractivity contribution in [1.82, 2.24) is 9.80 Å². The van der Waals surface area contributed by atoms with Gasteiger partial charge in [-0.3, -0.25) is 9.80 Å². The maximum absolute atomic E-state index is 10.0. The summed E-state index contributed by atoms with van der Waals surface area (Å²) in [7, 11) is 0. The van der Waals surface area contributed by atoms with E-state index >= 15 is 0 Å². The summed E-state index contributed by atoms with van der Waals surface area (Å²) in [6, 6.07) is 15.7. The number of hydrogen-bond acceptors (Lipinski definition) is 4. The predicted molar refractivity (Wildman–Crippen MR) is 125 cm³/mol. The van der Waals surface area contributed by atoms with Crippen LogP contribution in [0.25, 0.3) is 0 Å². The van der Waals surface area contributed by atoms with Crippen molar-refractivity contribution in [3.05, 3.63) is 59.2 Å². The lowest BCUT2D eigenvalue weighted by Gasteiger charge is -2.44. The zero-order valence-corrected chi connectivity index (χ0v) is 18.6. The van der Waals surface area contributed by atoms with Gasteiger partial charge in [0.05, 0.1) is 6.04 Å². The summed E-state index contributed by atoms with van der Waals surface area (Å²) in [6.45, 7) is 5.29. The van der Waals surface area contributed by atoms with Crippen molar-refractivity contribution in [3.8, 4) is 11.5 Å². The number of phenols is 1. The van der Waals surface area contributed by atoms with Gasteiger partial charge in [0.2, 0.25) is 0 Å². The molecule has 1 N–H and O–H groups in total. The van der Waals surface area contributed by atoms with Crippen molar-refractivity contribution in [2.45, 2.75) is 63.5 Å². The van der Waals surface area contributed by atoms with Crippen molar-refractivity contribution in [3.63, 3.8) is 0 Å². The molecule has 0 aromatic heterocycles. The number of phenolic OH excluding ortho intramolecular Hbond substituents is 1. The highest BCUT2D eigenvalue weighted by Crippen LogP contribution is 2.40. The number of benzene rings is 2. The number of aromatic hydroxyl groups is 1. The molecule has 3 aliphatic rings. The van der Waals surface area contributed by atoms with Crippen LogP contribution in [0.4, 0.5) is 0 Å². The molecule has 2 aromatic carbocycles. The van der Waals surface area contributed by atoms with Crippen LogP contribution in [-0.4, -0.2) is 53.7 Å². The van der Waals surface area contributed by atoms with Gasteiger partial charge >= 0.3 is 0 Å². The molecule has 31 heavy (non-hydrogen) atoms. The molecule has 0 bridgehead atoms. The Labute approximate surface area is 186 Å². The minimum atomic E-state index is 0.270. The molecule has 5 rings (SSSR count). The Hall–Kier alpha value is -2.04. The first-order chi connectivity index (χ1) is 15.3. The van der Waals surface area contributed by atoms with Crippen LogP contribution in [0.1, 0.15) is 67.7 Å². The minimum absolute atomic E-state index is 0.270. The van der Waals surface area contributed by atoms with Crippen molar-refractivity contribution in [2.24, 2.45) is 0 Å². The first-order valence-electron chi connectivity index (χ1n) is 12.3. The van der Waals surface area contributed by atoms with Crippen LogP contribution in [0.5, 0.6) is 11.5 Å². The zero-order chi connectivity index (χ0) is 21.0. The summed E-state index contributed by atoms with van der Waals surface area (Å²) in [4.78, 5) is 5.23. The van der Waals surface area contributed by atoms with E-state index in [1.54, 1.807) is 0 Å². The van der Waals surface area contributed by atoms with Gasteiger partial charge in [-0.15, -0.1) is 0 Å². The second-order valence-electron chi connectivity index (χ2n) is 9.53. The van der Waals surface area contributed by atoms with Gasteiger partial charge in [0.25, 0.3) is 0 Å². The van der Waals surface area contributed by atoms with E-state index in [0.717, 1.165) is 31.9 Å². The Morgan fingerprint density at radius 2 is 1.65 bits per heavy atom. The standard InChI is InChI=1S/C27H36N2O2/c30-24-10-13-26-22(20-24)14-17-29(23-6-2-1-3-7-23)27(26)21-8-11-25(12-9-21)31-19-18-28-15-4-5-16-28/h8-13,20,23,27,30H,1-7,14-19H2. The maximum Gasteiger partial charge on any atom is 0.119 e. The molecule has 2 aliphatic heterocycles. The first-order valence-corrected chi connectivity index (χ1v) is 12.3. The fourth-order valence-electron chi connectivity index (χ4n) is 5.85. The lowest BCUT2D eigenvalue weighted by atomic mass is 9.84. The van der Waals surface area contributed by atoms with Crippen LogP contribution in [0.3, 0.4) is 0 Å². The molecule has 0 radical (unpaired) electrons. The molecule has 1 atom stereocenters. The van der Waals surface area contributed by atoms with Crippen LogP contribution in [0.2, 0.25) is 0 Å². The predicted octanol–water partition coefficient (Wildman–Crippen LogP) is 5.15. The molecule has 1 unspecified atom stereocenters. The van der Waals surface area contributed by atoms with E-state index in [1.807, 2.05) is 12.1 Å². The van der Waals surface area contributed by atoms with Gasteiger partial charge in [-0.2, -0.15) is 0 Å². The molecular weight excluding hydrogens is 384 g/mol. The fraction of sp³-hybridized carbons (Fsp3) is 0.556. The second kappa shape index (κ2) is 9.62. The molecule has 166 valence electrons. The Bertz CT molecular complexity index is 854. The van der Waals surface area contributed by atoms with Gasteiger partial charge in [0.1, 0.15) is 18.1 Å². The molecule has 0 spiro atoms. The van der Waals surface area contributed by atoms with E-state index in [1.165, 1.54) is 74.7 Å². The van der Waals surface area contributed by atoms with E-state index in [4.69, 9.17) is 4.74 Å². The van der Waals surface area contributed by atoms with E-state index in [2.05, 4.69) is 40.1 Å². The van der Waals surface area contributed by atoms with Crippen LogP contribution < -0.4 is 4.74 Å². The number of likely N-dealkylation sites (tertiary alicyclic amines) is 1. The molecule has 2 aromatic rings. The third-order valence-electron chi connectivity index (χ3n) is 7.51. The molecule has 1 saturated carbocycles. The molecule has 1 saturated heterocycles. The molecule has 2 heterocycles. The molecule has 0 amide bonds. The van der Waals surface area contributed by atoms with E-state index in [0.29, 0.717) is 11.8 Å². The van der Waals surface area contributed by atoms with Crippen LogP contribution in [0, 0.1) is 0 Å². The number of hydrogen-bond donors (Lipinski definition) is 1. The van der Waals surface area contributed by atoms with E-state index < -0.39 is 0 Å². The SMILES string of the molecule is Oc1ccc2c(c1)CCN(C1CCCCC1)C2c1ccc(OCCN2CCCC2)cc1. The maximum atomic E-state index is 10.0. The average molecular weight is 421 g/mol. The summed E-state index contributed by atoms with van der Waals surface area (Å²) >= 11 is 0. The highest BCUT2D eigenvalue weighted by atomic mass is 16.5. The lowest BCUT2D eigenvalue weighted by molar-refractivity contribution is 0.114. The fourth-order valence-corrected chi connectivity index (χ4v) is 5.85. The average Bonchev–Trinajstić information content (AvgIpc) is 3.33. The van der Waals surface area contributed by atoms with Crippen molar-refractivity contribution >= 4 is 0 Å². The Morgan fingerprint density at radius 1 is 0.871 bits per heavy atom. The van der Waals surface area contributed by atoms with Gasteiger partial charge in [-0.1, -0.05) is 37.5 Å². The third-order valence-corrected chi connectivity index (χ3v) is 7.51. The zero-order valence-electron chi connectivity index (χ0n) is 18.6. The number of fused-ring (bicyclic) bond motifs is 1. The van der Waals surface area contributed by atoms with Crippen molar-refractivity contribution < 1.29 is 9.84 Å². The Morgan fingerprint density at radius 3 is 2.42 bits per heavy atom. The summed E-state index contributed by atoms with van der Waals surface area (Å²) in [6.07, 6.45) is 10.4. The molecule has 1 aliphatic carbocycles. The molecular formula is C27H36N2O2. The summed E-state index contributed by atoms with van der Waals surface area (Å²) in [5, 5.41) is 10.0. The molecule has 2 fully saturated rings. The lowest BCUT2D eigenvalue weighted by Crippen LogP contribution is -2.44. The van der Waals surface area contributed by atoms with Crippen LogP contribution >= 0.6 is 0 Å². The second-order valence-corrected chi connectivity index (χ2v) is 9.53. The summed E-state index contributed by atoms with van der Waals surface area (Å²) in [5.74, 6) is 1.35. The minimum Gasteiger partial charge on any atom is -0.508 e. The normalized spacial score (nSPS) is 23.0. The largest absolute Gasteiger partial charge is 0.508 e. The van der Waals surface area contributed by atoms with Gasteiger partial charge in [-0.05, 0) is 86.1 Å². The van der Waals surface area contributed by atoms with Crippen molar-refractivity contribution in [1.29, 1.82) is 0 Å². The van der Waals surface area contributed by atoms with Gasteiger partial charge in [0.15, 0.2) is 0 Å². The number of ether oxygens (including phenoxy) is 1. The quantitative estimate of drug-likeness (QED) is 0.701. The molecule has 4 heteroatoms. The summed E-state index contributed by atoms with van der Waals surface area (Å²) in [5.41, 5.74) is 3.99. The smallest absolute Gasteiger partial charge is 0.119 e. The highest BCUT2D eigenvalue weighted by molar-refractivity contribution is 5.44.